The third kappa shape index (κ3) is 7.07. The van der Waals surface area contributed by atoms with Crippen molar-refractivity contribution in [3.05, 3.63) is 88.5 Å². The van der Waals surface area contributed by atoms with Gasteiger partial charge in [-0.15, -0.1) is 0 Å². The van der Waals surface area contributed by atoms with E-state index in [1.165, 1.54) is 26.6 Å². The molecule has 0 spiro atoms. The Morgan fingerprint density at radius 3 is 2.56 bits per heavy atom. The van der Waals surface area contributed by atoms with Gasteiger partial charge in [-0.25, -0.2) is 0 Å². The third-order valence-corrected chi connectivity index (χ3v) is 6.09. The normalized spacial score (nSPS) is 11.1. The quantitative estimate of drug-likeness (QED) is 0.291. The minimum atomic E-state index is -0.470. The number of furan rings is 1. The van der Waals surface area contributed by atoms with Crippen molar-refractivity contribution in [2.45, 2.75) is 5.75 Å². The second-order valence-electron chi connectivity index (χ2n) is 7.00. The molecule has 2 N–H and O–H groups in total. The van der Waals surface area contributed by atoms with Crippen molar-refractivity contribution in [1.29, 1.82) is 0 Å². The second kappa shape index (κ2) is 12.8. The van der Waals surface area contributed by atoms with Gasteiger partial charge in [-0.05, 0) is 42.0 Å². The number of thioether (sulfide) groups is 1. The number of halogens is 1. The first-order valence-electron chi connectivity index (χ1n) is 10.4. The molecule has 2 amide bonds. The van der Waals surface area contributed by atoms with E-state index >= 15 is 0 Å². The molecule has 0 bridgehead atoms. The molecule has 0 fully saturated rings. The maximum Gasteiger partial charge on any atom is 0.267 e. The SMILES string of the molecule is COc1ccc(C(=O)N/C(=C\c2ccco2)C(=O)NCCSCc2ccccc2Cl)cc1OC. The number of methoxy groups -OCH3 is 2. The molecule has 0 saturated carbocycles. The zero-order valence-corrected chi connectivity index (χ0v) is 20.4. The molecular weight excluding hydrogens is 476 g/mol. The van der Waals surface area contributed by atoms with E-state index in [1.807, 2.05) is 24.3 Å². The summed E-state index contributed by atoms with van der Waals surface area (Å²) in [6, 6.07) is 15.8. The Balaban J connectivity index is 1.62. The minimum absolute atomic E-state index is 0.0610. The number of carbonyl (C=O) groups is 2. The van der Waals surface area contributed by atoms with Crippen LogP contribution in [0.1, 0.15) is 21.7 Å². The number of rotatable bonds is 11. The molecular formula is C25H25ClN2O5S. The molecule has 1 heterocycles. The van der Waals surface area contributed by atoms with E-state index in [2.05, 4.69) is 10.6 Å². The van der Waals surface area contributed by atoms with Crippen molar-refractivity contribution in [2.75, 3.05) is 26.5 Å². The number of benzene rings is 2. The number of nitrogens with one attached hydrogen (secondary N) is 2. The first-order chi connectivity index (χ1) is 16.5. The summed E-state index contributed by atoms with van der Waals surface area (Å²) in [4.78, 5) is 25.7. The summed E-state index contributed by atoms with van der Waals surface area (Å²) in [7, 11) is 3.00. The van der Waals surface area contributed by atoms with Crippen LogP contribution in [0.15, 0.2) is 71.0 Å². The van der Waals surface area contributed by atoms with Crippen molar-refractivity contribution < 1.29 is 23.5 Å². The summed E-state index contributed by atoms with van der Waals surface area (Å²) < 4.78 is 15.8. The molecule has 2 aromatic carbocycles. The topological polar surface area (TPSA) is 89.8 Å². The largest absolute Gasteiger partial charge is 0.493 e. The molecule has 0 aliphatic carbocycles. The molecule has 1 aromatic heterocycles. The van der Waals surface area contributed by atoms with Gasteiger partial charge in [-0.3, -0.25) is 9.59 Å². The Labute approximate surface area is 207 Å². The Hall–Kier alpha value is -3.36. The molecule has 0 unspecified atom stereocenters. The predicted octanol–water partition coefficient (Wildman–Crippen LogP) is 4.77. The molecule has 7 nitrogen and oxygen atoms in total. The maximum absolute atomic E-state index is 12.8. The van der Waals surface area contributed by atoms with Crippen molar-refractivity contribution in [3.63, 3.8) is 0 Å². The predicted molar refractivity (Wildman–Crippen MR) is 134 cm³/mol. The highest BCUT2D eigenvalue weighted by atomic mass is 35.5. The lowest BCUT2D eigenvalue weighted by Gasteiger charge is -2.12. The van der Waals surface area contributed by atoms with Gasteiger partial charge in [0.1, 0.15) is 11.5 Å². The Bertz CT molecular complexity index is 1150. The maximum atomic E-state index is 12.8. The number of hydrogen-bond acceptors (Lipinski definition) is 6. The van der Waals surface area contributed by atoms with E-state index in [0.717, 1.165) is 16.3 Å². The first-order valence-corrected chi connectivity index (χ1v) is 11.9. The van der Waals surface area contributed by atoms with Gasteiger partial charge in [0.05, 0.1) is 20.5 Å². The van der Waals surface area contributed by atoms with Gasteiger partial charge < -0.3 is 24.5 Å². The van der Waals surface area contributed by atoms with Crippen LogP contribution >= 0.6 is 23.4 Å². The van der Waals surface area contributed by atoms with Crippen LogP contribution < -0.4 is 20.1 Å². The Kier molecular flexibility index (Phi) is 9.49. The smallest absolute Gasteiger partial charge is 0.267 e. The van der Waals surface area contributed by atoms with Crippen molar-refractivity contribution >= 4 is 41.3 Å². The molecule has 178 valence electrons. The zero-order valence-electron chi connectivity index (χ0n) is 18.8. The zero-order chi connectivity index (χ0) is 24.3. The highest BCUT2D eigenvalue weighted by Crippen LogP contribution is 2.27. The van der Waals surface area contributed by atoms with Gasteiger partial charge in [0, 0.05) is 34.7 Å². The van der Waals surface area contributed by atoms with Crippen LogP contribution in [0.5, 0.6) is 11.5 Å². The fourth-order valence-electron chi connectivity index (χ4n) is 2.98. The fourth-order valence-corrected chi connectivity index (χ4v) is 4.12. The summed E-state index contributed by atoms with van der Waals surface area (Å²) in [6.45, 7) is 0.412. The first kappa shape index (κ1) is 25.3. The average Bonchev–Trinajstić information content (AvgIpc) is 3.37. The van der Waals surface area contributed by atoms with Crippen LogP contribution in [-0.2, 0) is 10.5 Å². The Morgan fingerprint density at radius 1 is 1.06 bits per heavy atom. The third-order valence-electron chi connectivity index (χ3n) is 4.72. The van der Waals surface area contributed by atoms with E-state index in [9.17, 15) is 9.59 Å². The van der Waals surface area contributed by atoms with Crippen LogP contribution in [0.3, 0.4) is 0 Å². The van der Waals surface area contributed by atoms with Crippen LogP contribution in [0, 0.1) is 0 Å². The molecule has 3 aromatic rings. The molecule has 34 heavy (non-hydrogen) atoms. The highest BCUT2D eigenvalue weighted by molar-refractivity contribution is 7.98. The van der Waals surface area contributed by atoms with Crippen molar-refractivity contribution in [3.8, 4) is 11.5 Å². The van der Waals surface area contributed by atoms with Crippen molar-refractivity contribution in [1.82, 2.24) is 10.6 Å². The number of ether oxygens (including phenoxy) is 2. The number of hydrogen-bond donors (Lipinski definition) is 2. The summed E-state index contributed by atoms with van der Waals surface area (Å²) in [6.07, 6.45) is 2.97. The highest BCUT2D eigenvalue weighted by Gasteiger charge is 2.17. The summed E-state index contributed by atoms with van der Waals surface area (Å²) >= 11 is 7.82. The number of carbonyl (C=O) groups excluding carboxylic acids is 2. The Morgan fingerprint density at radius 2 is 1.85 bits per heavy atom. The average molecular weight is 501 g/mol. The van der Waals surface area contributed by atoms with Gasteiger partial charge in [0.25, 0.3) is 11.8 Å². The summed E-state index contributed by atoms with van der Waals surface area (Å²) in [5.74, 6) is 1.86. The molecule has 0 aliphatic heterocycles. The molecule has 9 heteroatoms. The van der Waals surface area contributed by atoms with E-state index in [-0.39, 0.29) is 5.70 Å². The molecule has 0 aliphatic rings. The fraction of sp³-hybridized carbons (Fsp3) is 0.200. The van der Waals surface area contributed by atoms with Gasteiger partial charge in [-0.1, -0.05) is 29.8 Å². The van der Waals surface area contributed by atoms with Crippen LogP contribution in [0.2, 0.25) is 5.02 Å². The van der Waals surface area contributed by atoms with E-state index in [0.29, 0.717) is 35.1 Å². The summed E-state index contributed by atoms with van der Waals surface area (Å²) in [5, 5.41) is 6.22. The molecule has 0 radical (unpaired) electrons. The van der Waals surface area contributed by atoms with E-state index in [1.54, 1.807) is 42.1 Å². The van der Waals surface area contributed by atoms with Gasteiger partial charge in [0.2, 0.25) is 0 Å². The van der Waals surface area contributed by atoms with Gasteiger partial charge in [-0.2, -0.15) is 11.8 Å². The molecule has 3 rings (SSSR count). The lowest BCUT2D eigenvalue weighted by molar-refractivity contribution is -0.117. The van der Waals surface area contributed by atoms with Crippen molar-refractivity contribution in [2.24, 2.45) is 0 Å². The molecule has 0 atom stereocenters. The van der Waals surface area contributed by atoms with Crippen LogP contribution in [0.25, 0.3) is 6.08 Å². The van der Waals surface area contributed by atoms with E-state index < -0.39 is 11.8 Å². The standard InChI is InChI=1S/C25H25ClN2O5S/c1-31-22-10-9-17(14-23(22)32-2)24(29)28-21(15-19-7-5-12-33-19)25(30)27-11-13-34-16-18-6-3-4-8-20(18)26/h3-10,12,14-15H,11,13,16H2,1-2H3,(H,27,30)(H,28,29)/b21-15-. The monoisotopic (exact) mass is 500 g/mol. The lowest BCUT2D eigenvalue weighted by atomic mass is 10.1. The van der Waals surface area contributed by atoms with Gasteiger partial charge in [0.15, 0.2) is 11.5 Å². The minimum Gasteiger partial charge on any atom is -0.493 e. The summed E-state index contributed by atoms with van der Waals surface area (Å²) in [5.41, 5.74) is 1.41. The van der Waals surface area contributed by atoms with Gasteiger partial charge >= 0.3 is 0 Å². The second-order valence-corrected chi connectivity index (χ2v) is 8.51. The lowest BCUT2D eigenvalue weighted by Crippen LogP contribution is -2.35. The number of amides is 2. The van der Waals surface area contributed by atoms with Crippen LogP contribution in [0.4, 0.5) is 0 Å². The van der Waals surface area contributed by atoms with Crippen LogP contribution in [-0.4, -0.2) is 38.3 Å². The van der Waals surface area contributed by atoms with E-state index in [4.69, 9.17) is 25.5 Å². The molecule has 0 saturated heterocycles.